The van der Waals surface area contributed by atoms with Gasteiger partial charge in [0.1, 0.15) is 17.2 Å². The summed E-state index contributed by atoms with van der Waals surface area (Å²) < 4.78 is 1.38. The second kappa shape index (κ2) is 5.65. The topological polar surface area (TPSA) is 106 Å². The maximum absolute atomic E-state index is 11.2. The Balaban J connectivity index is 2.31. The minimum absolute atomic E-state index is 0.353. The molecule has 0 saturated heterocycles. The van der Waals surface area contributed by atoms with Crippen molar-refractivity contribution in [1.29, 1.82) is 0 Å². The summed E-state index contributed by atoms with van der Waals surface area (Å²) in [5, 5.41) is 6.41. The molecule has 0 aliphatic carbocycles. The van der Waals surface area contributed by atoms with Gasteiger partial charge in [-0.05, 0) is 18.7 Å². The van der Waals surface area contributed by atoms with Gasteiger partial charge >= 0.3 is 11.1 Å². The van der Waals surface area contributed by atoms with Gasteiger partial charge in [-0.25, -0.2) is 9.97 Å². The average molecular weight is 280 g/mol. The lowest BCUT2D eigenvalue weighted by molar-refractivity contribution is 0.596. The van der Waals surface area contributed by atoms with Crippen LogP contribution in [-0.2, 0) is 7.05 Å². The van der Waals surface area contributed by atoms with E-state index in [4.69, 9.17) is 0 Å². The van der Waals surface area contributed by atoms with Gasteiger partial charge in [-0.2, -0.15) is 4.98 Å². The number of nitrogens with zero attached hydrogens (tertiary/aromatic N) is 4. The SMILES string of the molecule is CCNc1cc(Sc2nc(=O)c(=O)[nH]n2C)ncn1. The van der Waals surface area contributed by atoms with Crippen molar-refractivity contribution in [3.05, 3.63) is 33.1 Å². The summed E-state index contributed by atoms with van der Waals surface area (Å²) in [6.45, 7) is 2.71. The van der Waals surface area contributed by atoms with Gasteiger partial charge in [-0.1, -0.05) is 0 Å². The van der Waals surface area contributed by atoms with Crippen molar-refractivity contribution in [2.45, 2.75) is 17.1 Å². The lowest BCUT2D eigenvalue weighted by atomic mass is 10.5. The number of hydrogen-bond acceptors (Lipinski definition) is 7. The molecule has 0 saturated carbocycles. The van der Waals surface area contributed by atoms with Crippen LogP contribution in [0.15, 0.2) is 32.2 Å². The van der Waals surface area contributed by atoms with E-state index in [0.29, 0.717) is 16.0 Å². The summed E-state index contributed by atoms with van der Waals surface area (Å²) in [5.41, 5.74) is -1.57. The fourth-order valence-electron chi connectivity index (χ4n) is 1.32. The number of rotatable bonds is 4. The van der Waals surface area contributed by atoms with E-state index in [1.54, 1.807) is 13.1 Å². The Hall–Kier alpha value is -2.16. The number of hydrogen-bond donors (Lipinski definition) is 2. The lowest BCUT2D eigenvalue weighted by Crippen LogP contribution is -2.33. The molecule has 9 heteroatoms. The Morgan fingerprint density at radius 3 is 2.95 bits per heavy atom. The van der Waals surface area contributed by atoms with Crippen LogP contribution in [0.4, 0.5) is 5.82 Å². The maximum atomic E-state index is 11.2. The first-order chi connectivity index (χ1) is 9.10. The van der Waals surface area contributed by atoms with Gasteiger partial charge in [0.05, 0.1) is 0 Å². The number of aryl methyl sites for hydroxylation is 1. The summed E-state index contributed by atoms with van der Waals surface area (Å²) in [5.74, 6) is 0.689. The molecule has 0 atom stereocenters. The minimum atomic E-state index is -0.818. The summed E-state index contributed by atoms with van der Waals surface area (Å²) >= 11 is 1.17. The van der Waals surface area contributed by atoms with Crippen LogP contribution in [0.2, 0.25) is 0 Å². The minimum Gasteiger partial charge on any atom is -0.370 e. The molecule has 0 fully saturated rings. The molecule has 0 aliphatic rings. The van der Waals surface area contributed by atoms with Gasteiger partial charge < -0.3 is 5.32 Å². The van der Waals surface area contributed by atoms with E-state index >= 15 is 0 Å². The zero-order valence-corrected chi connectivity index (χ0v) is 11.2. The molecule has 100 valence electrons. The Bertz CT molecular complexity index is 695. The van der Waals surface area contributed by atoms with Crippen LogP contribution in [0.3, 0.4) is 0 Å². The van der Waals surface area contributed by atoms with E-state index in [2.05, 4.69) is 25.4 Å². The number of aromatic amines is 1. The third-order valence-electron chi connectivity index (χ3n) is 2.14. The fraction of sp³-hybridized carbons (Fsp3) is 0.300. The molecule has 0 amide bonds. The predicted octanol–water partition coefficient (Wildman–Crippen LogP) is -0.158. The molecule has 2 N–H and O–H groups in total. The van der Waals surface area contributed by atoms with Gasteiger partial charge in [-0.3, -0.25) is 19.4 Å². The van der Waals surface area contributed by atoms with Crippen molar-refractivity contribution in [1.82, 2.24) is 24.7 Å². The maximum Gasteiger partial charge on any atom is 0.339 e. The van der Waals surface area contributed by atoms with E-state index in [9.17, 15) is 9.59 Å². The van der Waals surface area contributed by atoms with Crippen LogP contribution in [0, 0.1) is 0 Å². The van der Waals surface area contributed by atoms with Gasteiger partial charge in [0, 0.05) is 19.7 Å². The van der Waals surface area contributed by atoms with E-state index in [1.165, 1.54) is 22.8 Å². The van der Waals surface area contributed by atoms with Crippen LogP contribution in [0.5, 0.6) is 0 Å². The number of H-pyrrole nitrogens is 1. The highest BCUT2D eigenvalue weighted by Crippen LogP contribution is 2.23. The first kappa shape index (κ1) is 13.3. The second-order valence-electron chi connectivity index (χ2n) is 3.57. The van der Waals surface area contributed by atoms with Crippen molar-refractivity contribution in [2.24, 2.45) is 7.05 Å². The molecule has 0 radical (unpaired) electrons. The monoisotopic (exact) mass is 280 g/mol. The Morgan fingerprint density at radius 2 is 2.21 bits per heavy atom. The quantitative estimate of drug-likeness (QED) is 0.592. The molecule has 19 heavy (non-hydrogen) atoms. The largest absolute Gasteiger partial charge is 0.370 e. The second-order valence-corrected chi connectivity index (χ2v) is 4.56. The van der Waals surface area contributed by atoms with Crippen LogP contribution >= 0.6 is 11.8 Å². The lowest BCUT2D eigenvalue weighted by Gasteiger charge is -2.06. The molecular weight excluding hydrogens is 268 g/mol. The van der Waals surface area contributed by atoms with Crippen LogP contribution in [0.1, 0.15) is 6.92 Å². The molecular formula is C10H12N6O2S. The van der Waals surface area contributed by atoms with Gasteiger partial charge in [0.15, 0.2) is 5.16 Å². The van der Waals surface area contributed by atoms with Crippen molar-refractivity contribution in [3.8, 4) is 0 Å². The molecule has 0 spiro atoms. The molecule has 0 aliphatic heterocycles. The van der Waals surface area contributed by atoms with Crippen molar-refractivity contribution >= 4 is 17.6 Å². The summed E-state index contributed by atoms with van der Waals surface area (Å²) in [7, 11) is 1.60. The summed E-state index contributed by atoms with van der Waals surface area (Å²) in [6.07, 6.45) is 1.42. The van der Waals surface area contributed by atoms with Crippen LogP contribution in [-0.4, -0.2) is 31.3 Å². The molecule has 0 unspecified atom stereocenters. The van der Waals surface area contributed by atoms with Gasteiger partial charge in [-0.15, -0.1) is 0 Å². The third-order valence-corrected chi connectivity index (χ3v) is 3.12. The predicted molar refractivity (Wildman–Crippen MR) is 70.4 cm³/mol. The van der Waals surface area contributed by atoms with Crippen LogP contribution in [0.25, 0.3) is 0 Å². The highest BCUT2D eigenvalue weighted by atomic mass is 32.2. The van der Waals surface area contributed by atoms with Crippen molar-refractivity contribution in [3.63, 3.8) is 0 Å². The van der Waals surface area contributed by atoms with Gasteiger partial charge in [0.2, 0.25) is 0 Å². The van der Waals surface area contributed by atoms with Gasteiger partial charge in [0.25, 0.3) is 0 Å². The Labute approximate surface area is 112 Å². The van der Waals surface area contributed by atoms with Crippen LogP contribution < -0.4 is 16.4 Å². The van der Waals surface area contributed by atoms with E-state index < -0.39 is 11.1 Å². The van der Waals surface area contributed by atoms with E-state index in [1.807, 2.05) is 6.92 Å². The number of aromatic nitrogens is 5. The van der Waals surface area contributed by atoms with E-state index in [-0.39, 0.29) is 0 Å². The smallest absolute Gasteiger partial charge is 0.339 e. The molecule has 8 nitrogen and oxygen atoms in total. The highest BCUT2D eigenvalue weighted by Gasteiger charge is 2.07. The molecule has 0 bridgehead atoms. The first-order valence-corrected chi connectivity index (χ1v) is 6.33. The van der Waals surface area contributed by atoms with Crippen molar-refractivity contribution in [2.75, 3.05) is 11.9 Å². The third kappa shape index (κ3) is 3.19. The fourth-order valence-corrected chi connectivity index (χ4v) is 2.09. The summed E-state index contributed by atoms with van der Waals surface area (Å²) in [4.78, 5) is 34.1. The Morgan fingerprint density at radius 1 is 1.42 bits per heavy atom. The standard InChI is InChI=1S/C10H12N6O2S/c1-3-11-6-4-7(13-5-12-6)19-10-14-8(17)9(18)15-16(10)2/h4-5H,3H2,1-2H3,(H,15,18)(H,11,12,13). The molecule has 2 heterocycles. The first-order valence-electron chi connectivity index (χ1n) is 5.51. The normalized spacial score (nSPS) is 10.4. The zero-order valence-electron chi connectivity index (χ0n) is 10.4. The Kier molecular flexibility index (Phi) is 3.95. The van der Waals surface area contributed by atoms with E-state index in [0.717, 1.165) is 6.54 Å². The van der Waals surface area contributed by atoms with Crippen molar-refractivity contribution < 1.29 is 0 Å². The number of anilines is 1. The highest BCUT2D eigenvalue weighted by molar-refractivity contribution is 7.99. The molecule has 2 rings (SSSR count). The number of nitrogens with one attached hydrogen (secondary N) is 2. The molecule has 0 aromatic carbocycles. The molecule has 2 aromatic rings. The summed E-state index contributed by atoms with van der Waals surface area (Å²) in [6, 6.07) is 1.74. The zero-order chi connectivity index (χ0) is 13.8. The molecule has 2 aromatic heterocycles. The average Bonchev–Trinajstić information content (AvgIpc) is 2.37.